The fraction of sp³-hybridized carbons (Fsp3) is 0.316. The summed E-state index contributed by atoms with van der Waals surface area (Å²) >= 11 is 0. The lowest BCUT2D eigenvalue weighted by Gasteiger charge is -2.34. The van der Waals surface area contributed by atoms with Gasteiger partial charge in [-0.1, -0.05) is 18.2 Å². The molecule has 0 radical (unpaired) electrons. The molecule has 0 aromatic heterocycles. The maximum Gasteiger partial charge on any atom is 0.246 e. The van der Waals surface area contributed by atoms with Crippen molar-refractivity contribution in [1.29, 1.82) is 0 Å². The zero-order chi connectivity index (χ0) is 20.1. The molecule has 0 saturated carbocycles. The van der Waals surface area contributed by atoms with E-state index >= 15 is 0 Å². The molecular formula is C19H20F2N2O4S. The van der Waals surface area contributed by atoms with E-state index in [9.17, 15) is 22.0 Å². The summed E-state index contributed by atoms with van der Waals surface area (Å²) in [6, 6.07) is 11.5. The highest BCUT2D eigenvalue weighted by molar-refractivity contribution is 7.89. The van der Waals surface area contributed by atoms with Crippen molar-refractivity contribution in [1.82, 2.24) is 9.21 Å². The lowest BCUT2D eigenvalue weighted by Crippen LogP contribution is -2.50. The summed E-state index contributed by atoms with van der Waals surface area (Å²) in [5.41, 5.74) is 0. The molecular weight excluding hydrogens is 390 g/mol. The minimum Gasteiger partial charge on any atom is -0.493 e. The number of hydrogen-bond acceptors (Lipinski definition) is 4. The van der Waals surface area contributed by atoms with Gasteiger partial charge in [0.15, 0.2) is 0 Å². The van der Waals surface area contributed by atoms with Crippen molar-refractivity contribution in [2.75, 3.05) is 32.8 Å². The van der Waals surface area contributed by atoms with E-state index in [1.807, 2.05) is 18.2 Å². The highest BCUT2D eigenvalue weighted by Gasteiger charge is 2.31. The Morgan fingerprint density at radius 3 is 2.32 bits per heavy atom. The summed E-state index contributed by atoms with van der Waals surface area (Å²) in [5, 5.41) is 0. The van der Waals surface area contributed by atoms with Gasteiger partial charge in [0.05, 0.1) is 13.0 Å². The van der Waals surface area contributed by atoms with E-state index in [1.165, 1.54) is 0 Å². The van der Waals surface area contributed by atoms with Crippen LogP contribution in [0.5, 0.6) is 5.75 Å². The van der Waals surface area contributed by atoms with Crippen molar-refractivity contribution in [3.05, 3.63) is 60.2 Å². The standard InChI is InChI=1S/C19H20F2N2O4S/c20-15-6-7-18(17(21)14-15)28(25,26)23-11-9-22(10-12-23)19(24)8-13-27-16-4-2-1-3-5-16/h1-7,14H,8-13H2. The van der Waals surface area contributed by atoms with E-state index in [0.717, 1.165) is 16.4 Å². The van der Waals surface area contributed by atoms with Crippen molar-refractivity contribution < 1.29 is 26.7 Å². The Kier molecular flexibility index (Phi) is 6.25. The fourth-order valence-electron chi connectivity index (χ4n) is 2.93. The smallest absolute Gasteiger partial charge is 0.246 e. The van der Waals surface area contributed by atoms with E-state index in [2.05, 4.69) is 0 Å². The second-order valence-corrected chi connectivity index (χ2v) is 8.18. The van der Waals surface area contributed by atoms with E-state index in [0.29, 0.717) is 11.8 Å². The molecule has 0 aliphatic carbocycles. The minimum atomic E-state index is -4.08. The Hall–Kier alpha value is -2.52. The Morgan fingerprint density at radius 2 is 1.68 bits per heavy atom. The first-order valence-electron chi connectivity index (χ1n) is 8.79. The summed E-state index contributed by atoms with van der Waals surface area (Å²) in [6.45, 7) is 0.718. The molecule has 1 heterocycles. The van der Waals surface area contributed by atoms with Gasteiger partial charge in [-0.2, -0.15) is 4.31 Å². The quantitative estimate of drug-likeness (QED) is 0.733. The number of benzene rings is 2. The van der Waals surface area contributed by atoms with Gasteiger partial charge >= 0.3 is 0 Å². The molecule has 1 aliphatic rings. The molecule has 2 aromatic carbocycles. The van der Waals surface area contributed by atoms with Gasteiger partial charge in [-0.3, -0.25) is 4.79 Å². The predicted molar refractivity (Wildman–Crippen MR) is 98.3 cm³/mol. The van der Waals surface area contributed by atoms with Gasteiger partial charge in [-0.15, -0.1) is 0 Å². The van der Waals surface area contributed by atoms with E-state index in [-0.39, 0.29) is 45.1 Å². The van der Waals surface area contributed by atoms with Gasteiger partial charge in [0.1, 0.15) is 22.3 Å². The second kappa shape index (κ2) is 8.66. The number of carbonyl (C=O) groups excluding carboxylic acids is 1. The number of sulfonamides is 1. The first-order chi connectivity index (χ1) is 13.4. The summed E-state index contributed by atoms with van der Waals surface area (Å²) in [4.78, 5) is 13.3. The Bertz CT molecular complexity index is 930. The number of nitrogens with zero attached hydrogens (tertiary/aromatic N) is 2. The van der Waals surface area contributed by atoms with Gasteiger partial charge in [0.2, 0.25) is 15.9 Å². The van der Waals surface area contributed by atoms with Gasteiger partial charge in [0, 0.05) is 32.2 Å². The van der Waals surface area contributed by atoms with Crippen LogP contribution in [0.2, 0.25) is 0 Å². The number of amides is 1. The van der Waals surface area contributed by atoms with Gasteiger partial charge in [0.25, 0.3) is 0 Å². The lowest BCUT2D eigenvalue weighted by atomic mass is 10.3. The number of rotatable bonds is 6. The highest BCUT2D eigenvalue weighted by atomic mass is 32.2. The van der Waals surface area contributed by atoms with Crippen molar-refractivity contribution in [2.45, 2.75) is 11.3 Å². The lowest BCUT2D eigenvalue weighted by molar-refractivity contribution is -0.132. The topological polar surface area (TPSA) is 66.9 Å². The van der Waals surface area contributed by atoms with Crippen LogP contribution in [0.25, 0.3) is 0 Å². The van der Waals surface area contributed by atoms with Crippen LogP contribution in [0.1, 0.15) is 6.42 Å². The maximum absolute atomic E-state index is 13.9. The number of carbonyl (C=O) groups is 1. The third kappa shape index (κ3) is 4.66. The van der Waals surface area contributed by atoms with Crippen LogP contribution >= 0.6 is 0 Å². The number of hydrogen-bond donors (Lipinski definition) is 0. The number of ether oxygens (including phenoxy) is 1. The Labute approximate surface area is 162 Å². The highest BCUT2D eigenvalue weighted by Crippen LogP contribution is 2.21. The van der Waals surface area contributed by atoms with Crippen LogP contribution in [0, 0.1) is 11.6 Å². The molecule has 0 N–H and O–H groups in total. The third-order valence-electron chi connectivity index (χ3n) is 4.43. The molecule has 1 amide bonds. The average molecular weight is 410 g/mol. The molecule has 1 fully saturated rings. The molecule has 0 spiro atoms. The van der Waals surface area contributed by atoms with Crippen LogP contribution in [0.15, 0.2) is 53.4 Å². The molecule has 9 heteroatoms. The van der Waals surface area contributed by atoms with Crippen molar-refractivity contribution >= 4 is 15.9 Å². The summed E-state index contributed by atoms with van der Waals surface area (Å²) < 4.78 is 58.6. The molecule has 0 atom stereocenters. The van der Waals surface area contributed by atoms with Gasteiger partial charge in [-0.05, 0) is 24.3 Å². The Morgan fingerprint density at radius 1 is 1.00 bits per heavy atom. The van der Waals surface area contributed by atoms with E-state index in [4.69, 9.17) is 4.74 Å². The third-order valence-corrected chi connectivity index (χ3v) is 6.36. The Balaban J connectivity index is 1.52. The van der Waals surface area contributed by atoms with Crippen LogP contribution in [-0.4, -0.2) is 56.3 Å². The summed E-state index contributed by atoms with van der Waals surface area (Å²) in [7, 11) is -4.08. The number of halogens is 2. The van der Waals surface area contributed by atoms with Crippen molar-refractivity contribution in [3.63, 3.8) is 0 Å². The minimum absolute atomic E-state index is 0.0461. The number of para-hydroxylation sites is 1. The van der Waals surface area contributed by atoms with Crippen LogP contribution in [0.4, 0.5) is 8.78 Å². The molecule has 150 valence electrons. The van der Waals surface area contributed by atoms with Crippen LogP contribution in [0.3, 0.4) is 0 Å². The SMILES string of the molecule is O=C(CCOc1ccccc1)N1CCN(S(=O)(=O)c2ccc(F)cc2F)CC1. The molecule has 3 rings (SSSR count). The average Bonchev–Trinajstić information content (AvgIpc) is 2.68. The normalized spacial score (nSPS) is 15.4. The molecule has 28 heavy (non-hydrogen) atoms. The zero-order valence-electron chi connectivity index (χ0n) is 15.1. The molecule has 0 unspecified atom stereocenters. The zero-order valence-corrected chi connectivity index (χ0v) is 15.9. The van der Waals surface area contributed by atoms with Crippen molar-refractivity contribution in [2.24, 2.45) is 0 Å². The predicted octanol–water partition coefficient (Wildman–Crippen LogP) is 2.27. The maximum atomic E-state index is 13.9. The summed E-state index contributed by atoms with van der Waals surface area (Å²) in [6.07, 6.45) is 0.175. The van der Waals surface area contributed by atoms with Gasteiger partial charge in [-0.25, -0.2) is 17.2 Å². The fourth-order valence-corrected chi connectivity index (χ4v) is 4.40. The molecule has 6 nitrogen and oxygen atoms in total. The van der Waals surface area contributed by atoms with Crippen LogP contribution in [-0.2, 0) is 14.8 Å². The monoisotopic (exact) mass is 410 g/mol. The van der Waals surface area contributed by atoms with E-state index in [1.54, 1.807) is 17.0 Å². The first kappa shape index (κ1) is 20.2. The largest absolute Gasteiger partial charge is 0.493 e. The second-order valence-electron chi connectivity index (χ2n) is 6.27. The first-order valence-corrected chi connectivity index (χ1v) is 10.2. The molecule has 2 aromatic rings. The molecule has 0 bridgehead atoms. The summed E-state index contributed by atoms with van der Waals surface area (Å²) in [5.74, 6) is -1.44. The van der Waals surface area contributed by atoms with Crippen LogP contribution < -0.4 is 4.74 Å². The molecule has 1 aliphatic heterocycles. The molecule has 1 saturated heterocycles. The van der Waals surface area contributed by atoms with E-state index < -0.39 is 26.6 Å². The number of piperazine rings is 1. The van der Waals surface area contributed by atoms with Crippen molar-refractivity contribution in [3.8, 4) is 5.75 Å². The van der Waals surface area contributed by atoms with Gasteiger partial charge < -0.3 is 9.64 Å².